The van der Waals surface area contributed by atoms with Crippen molar-refractivity contribution >= 4 is 15.9 Å². The van der Waals surface area contributed by atoms with Gasteiger partial charge in [0.25, 0.3) is 0 Å². The van der Waals surface area contributed by atoms with Gasteiger partial charge in [0.2, 0.25) is 0 Å². The molecule has 2 aromatic carbocycles. The molecule has 3 rings (SSSR count). The van der Waals surface area contributed by atoms with Crippen LogP contribution in [-0.4, -0.2) is 18.8 Å². The Bertz CT molecular complexity index is 621. The zero-order valence-corrected chi connectivity index (χ0v) is 13.0. The van der Waals surface area contributed by atoms with Crippen molar-refractivity contribution in [3.8, 4) is 11.5 Å². The number of ether oxygens (including phenoxy) is 2. The lowest BCUT2D eigenvalue weighted by molar-refractivity contribution is 0.0620. The summed E-state index contributed by atoms with van der Waals surface area (Å²) >= 11 is 3.48. The van der Waals surface area contributed by atoms with Gasteiger partial charge in [0, 0.05) is 4.47 Å². The van der Waals surface area contributed by atoms with Gasteiger partial charge in [-0.3, -0.25) is 11.3 Å². The van der Waals surface area contributed by atoms with E-state index in [1.54, 1.807) is 0 Å². The van der Waals surface area contributed by atoms with Gasteiger partial charge in [-0.1, -0.05) is 40.2 Å². The monoisotopic (exact) mass is 348 g/mol. The quantitative estimate of drug-likeness (QED) is 0.658. The van der Waals surface area contributed by atoms with E-state index in [2.05, 4.69) is 33.5 Å². The van der Waals surface area contributed by atoms with Gasteiger partial charge in [-0.25, -0.2) is 0 Å². The SMILES string of the molecule is NNC(Cc1cccc(Br)c1)C1COc2ccccc2O1. The normalized spacial score (nSPS) is 18.3. The van der Waals surface area contributed by atoms with Crippen molar-refractivity contribution in [2.45, 2.75) is 18.6 Å². The van der Waals surface area contributed by atoms with Crippen molar-refractivity contribution in [3.63, 3.8) is 0 Å². The lowest BCUT2D eigenvalue weighted by atomic mass is 10.0. The van der Waals surface area contributed by atoms with Crippen LogP contribution in [-0.2, 0) is 6.42 Å². The van der Waals surface area contributed by atoms with Gasteiger partial charge in [-0.2, -0.15) is 0 Å². The van der Waals surface area contributed by atoms with E-state index < -0.39 is 0 Å². The standard InChI is InChI=1S/C16H17BrN2O2/c17-12-5-3-4-11(8-12)9-13(19-18)16-10-20-14-6-1-2-7-15(14)21-16/h1-8,13,16,19H,9-10,18H2. The van der Waals surface area contributed by atoms with E-state index in [4.69, 9.17) is 15.3 Å². The van der Waals surface area contributed by atoms with E-state index in [9.17, 15) is 0 Å². The molecular formula is C16H17BrN2O2. The van der Waals surface area contributed by atoms with Crippen LogP contribution in [0.4, 0.5) is 0 Å². The Labute approximate surface area is 132 Å². The summed E-state index contributed by atoms with van der Waals surface area (Å²) in [6, 6.07) is 15.8. The number of hydrazine groups is 1. The van der Waals surface area contributed by atoms with Crippen LogP contribution in [0.25, 0.3) is 0 Å². The van der Waals surface area contributed by atoms with E-state index >= 15 is 0 Å². The second-order valence-corrected chi connectivity index (χ2v) is 5.94. The first-order valence-electron chi connectivity index (χ1n) is 6.85. The fraction of sp³-hybridized carbons (Fsp3) is 0.250. The van der Waals surface area contributed by atoms with Crippen LogP contribution >= 0.6 is 15.9 Å². The Morgan fingerprint density at radius 3 is 2.76 bits per heavy atom. The van der Waals surface area contributed by atoms with Gasteiger partial charge >= 0.3 is 0 Å². The van der Waals surface area contributed by atoms with Crippen molar-refractivity contribution in [2.75, 3.05) is 6.61 Å². The molecule has 4 nitrogen and oxygen atoms in total. The summed E-state index contributed by atoms with van der Waals surface area (Å²) in [5.74, 6) is 7.26. The molecular weight excluding hydrogens is 332 g/mol. The Balaban J connectivity index is 1.73. The molecule has 2 atom stereocenters. The van der Waals surface area contributed by atoms with E-state index in [0.717, 1.165) is 22.4 Å². The van der Waals surface area contributed by atoms with Crippen LogP contribution in [0, 0.1) is 0 Å². The number of benzene rings is 2. The van der Waals surface area contributed by atoms with Gasteiger partial charge in [-0.05, 0) is 36.2 Å². The largest absolute Gasteiger partial charge is 0.486 e. The van der Waals surface area contributed by atoms with Crippen molar-refractivity contribution in [1.82, 2.24) is 5.43 Å². The maximum atomic E-state index is 6.01. The Morgan fingerprint density at radius 2 is 2.00 bits per heavy atom. The average Bonchev–Trinajstić information content (AvgIpc) is 2.52. The molecule has 0 saturated carbocycles. The highest BCUT2D eigenvalue weighted by Crippen LogP contribution is 2.32. The predicted octanol–water partition coefficient (Wildman–Crippen LogP) is 2.66. The first-order valence-corrected chi connectivity index (χ1v) is 7.64. The van der Waals surface area contributed by atoms with Gasteiger partial charge in [0.15, 0.2) is 11.5 Å². The Kier molecular flexibility index (Phi) is 4.43. The smallest absolute Gasteiger partial charge is 0.161 e. The average molecular weight is 349 g/mol. The van der Waals surface area contributed by atoms with Crippen LogP contribution in [0.1, 0.15) is 5.56 Å². The van der Waals surface area contributed by atoms with Crippen LogP contribution in [0.3, 0.4) is 0 Å². The molecule has 0 aromatic heterocycles. The third-order valence-corrected chi connectivity index (χ3v) is 4.03. The van der Waals surface area contributed by atoms with E-state index in [-0.39, 0.29) is 12.1 Å². The minimum absolute atomic E-state index is 0.0207. The number of nitrogens with two attached hydrogens (primary N) is 1. The number of fused-ring (bicyclic) bond motifs is 1. The molecule has 2 aromatic rings. The Hall–Kier alpha value is -1.56. The van der Waals surface area contributed by atoms with Crippen molar-refractivity contribution in [1.29, 1.82) is 0 Å². The van der Waals surface area contributed by atoms with E-state index in [1.807, 2.05) is 36.4 Å². The minimum atomic E-state index is -0.121. The molecule has 0 saturated heterocycles. The lowest BCUT2D eigenvalue weighted by Gasteiger charge is -2.32. The number of hydrogen-bond acceptors (Lipinski definition) is 4. The molecule has 0 spiro atoms. The predicted molar refractivity (Wildman–Crippen MR) is 85.3 cm³/mol. The molecule has 5 heteroatoms. The maximum Gasteiger partial charge on any atom is 0.161 e. The van der Waals surface area contributed by atoms with Crippen molar-refractivity contribution in [3.05, 3.63) is 58.6 Å². The van der Waals surface area contributed by atoms with Crippen molar-refractivity contribution < 1.29 is 9.47 Å². The highest BCUT2D eigenvalue weighted by Gasteiger charge is 2.28. The third kappa shape index (κ3) is 3.37. The van der Waals surface area contributed by atoms with Gasteiger partial charge in [0.1, 0.15) is 12.7 Å². The van der Waals surface area contributed by atoms with Crippen LogP contribution < -0.4 is 20.7 Å². The molecule has 1 aliphatic heterocycles. The fourth-order valence-electron chi connectivity index (χ4n) is 2.45. The number of halogens is 1. The third-order valence-electron chi connectivity index (χ3n) is 3.54. The van der Waals surface area contributed by atoms with Crippen LogP contribution in [0.15, 0.2) is 53.0 Å². The van der Waals surface area contributed by atoms with E-state index in [1.165, 1.54) is 5.56 Å². The summed E-state index contributed by atoms with van der Waals surface area (Å²) in [5.41, 5.74) is 4.04. The molecule has 0 radical (unpaired) electrons. The minimum Gasteiger partial charge on any atom is -0.486 e. The molecule has 2 unspecified atom stereocenters. The first kappa shape index (κ1) is 14.4. The molecule has 3 N–H and O–H groups in total. The van der Waals surface area contributed by atoms with Gasteiger partial charge < -0.3 is 9.47 Å². The molecule has 1 aliphatic rings. The van der Waals surface area contributed by atoms with Crippen LogP contribution in [0.2, 0.25) is 0 Å². The summed E-state index contributed by atoms with van der Waals surface area (Å²) in [6.07, 6.45) is 0.649. The summed E-state index contributed by atoms with van der Waals surface area (Å²) in [4.78, 5) is 0. The summed E-state index contributed by atoms with van der Waals surface area (Å²) in [5, 5.41) is 0. The summed E-state index contributed by atoms with van der Waals surface area (Å²) in [6.45, 7) is 0.486. The fourth-order valence-corrected chi connectivity index (χ4v) is 2.90. The van der Waals surface area contributed by atoms with Crippen molar-refractivity contribution in [2.24, 2.45) is 5.84 Å². The summed E-state index contributed by atoms with van der Waals surface area (Å²) < 4.78 is 12.8. The highest BCUT2D eigenvalue weighted by atomic mass is 79.9. The molecule has 1 heterocycles. The molecule has 0 bridgehead atoms. The second-order valence-electron chi connectivity index (χ2n) is 5.02. The van der Waals surface area contributed by atoms with Crippen LogP contribution in [0.5, 0.6) is 11.5 Å². The molecule has 21 heavy (non-hydrogen) atoms. The number of nitrogens with one attached hydrogen (secondary N) is 1. The zero-order valence-electron chi connectivity index (χ0n) is 11.5. The molecule has 0 amide bonds. The molecule has 0 aliphatic carbocycles. The topological polar surface area (TPSA) is 56.5 Å². The van der Waals surface area contributed by atoms with Gasteiger partial charge in [-0.15, -0.1) is 0 Å². The molecule has 0 fully saturated rings. The maximum absolute atomic E-state index is 6.01. The molecule has 110 valence electrons. The number of hydrogen-bond donors (Lipinski definition) is 2. The number of para-hydroxylation sites is 2. The van der Waals surface area contributed by atoms with E-state index in [0.29, 0.717) is 6.61 Å². The lowest BCUT2D eigenvalue weighted by Crippen LogP contribution is -2.51. The highest BCUT2D eigenvalue weighted by molar-refractivity contribution is 9.10. The zero-order chi connectivity index (χ0) is 14.7. The first-order chi connectivity index (χ1) is 10.3. The van der Waals surface area contributed by atoms with Gasteiger partial charge in [0.05, 0.1) is 6.04 Å². The summed E-state index contributed by atoms with van der Waals surface area (Å²) in [7, 11) is 0. The second kappa shape index (κ2) is 6.47. The Morgan fingerprint density at radius 1 is 1.19 bits per heavy atom. The number of rotatable bonds is 4.